The lowest BCUT2D eigenvalue weighted by Crippen LogP contribution is -2.35. The Balaban J connectivity index is 1.67. The molecule has 1 aliphatic rings. The molecule has 7 heteroatoms. The Bertz CT molecular complexity index is 1140. The number of imidazole rings is 1. The highest BCUT2D eigenvalue weighted by Gasteiger charge is 2.24. The van der Waals surface area contributed by atoms with Gasteiger partial charge in [-0.15, -0.1) is 0 Å². The number of carbonyl (C=O) groups excluding carboxylic acids is 1. The van der Waals surface area contributed by atoms with Crippen LogP contribution in [0.4, 0.5) is 17.5 Å². The zero-order valence-electron chi connectivity index (χ0n) is 20.1. The van der Waals surface area contributed by atoms with Gasteiger partial charge in [-0.25, -0.2) is 4.98 Å². The number of nitrogens with zero attached hydrogens (tertiary/aromatic N) is 5. The van der Waals surface area contributed by atoms with E-state index in [1.807, 2.05) is 11.6 Å². The van der Waals surface area contributed by atoms with E-state index in [4.69, 9.17) is 9.97 Å². The molecule has 1 saturated heterocycles. The summed E-state index contributed by atoms with van der Waals surface area (Å²) in [5.74, 6) is 2.20. The number of rotatable bonds is 5. The molecular weight excluding hydrogens is 400 g/mol. The van der Waals surface area contributed by atoms with E-state index in [1.165, 1.54) is 11.1 Å². The number of fused-ring (bicyclic) bond motifs is 1. The van der Waals surface area contributed by atoms with Crippen molar-refractivity contribution in [2.75, 3.05) is 23.3 Å². The van der Waals surface area contributed by atoms with Gasteiger partial charge in [0.05, 0.1) is 6.33 Å². The summed E-state index contributed by atoms with van der Waals surface area (Å²) in [5, 5.41) is 3.59. The number of Topliss-reactive ketones (excluding diaryl/α,β-unsaturated/α-hetero) is 1. The zero-order chi connectivity index (χ0) is 23.0. The lowest BCUT2D eigenvalue weighted by Gasteiger charge is -2.31. The summed E-state index contributed by atoms with van der Waals surface area (Å²) < 4.78 is 1.96. The van der Waals surface area contributed by atoms with Crippen LogP contribution in [-0.4, -0.2) is 38.4 Å². The van der Waals surface area contributed by atoms with E-state index in [0.717, 1.165) is 43.0 Å². The van der Waals surface area contributed by atoms with Crippen molar-refractivity contribution in [3.8, 4) is 0 Å². The van der Waals surface area contributed by atoms with Crippen molar-refractivity contribution in [2.45, 2.75) is 59.3 Å². The molecule has 0 unspecified atom stereocenters. The Morgan fingerprint density at radius 3 is 2.56 bits per heavy atom. The van der Waals surface area contributed by atoms with Crippen molar-refractivity contribution in [3.05, 3.63) is 35.7 Å². The fraction of sp³-hybridized carbons (Fsp3) is 0.520. The quantitative estimate of drug-likeness (QED) is 0.615. The van der Waals surface area contributed by atoms with Crippen LogP contribution < -0.4 is 10.2 Å². The van der Waals surface area contributed by atoms with Gasteiger partial charge in [-0.3, -0.25) is 0 Å². The highest BCUT2D eigenvalue weighted by molar-refractivity contribution is 5.87. The number of carbonyl (C=O) groups is 1. The van der Waals surface area contributed by atoms with Crippen LogP contribution in [0.3, 0.4) is 0 Å². The van der Waals surface area contributed by atoms with Crippen molar-refractivity contribution in [3.63, 3.8) is 0 Å². The molecule has 4 rings (SSSR count). The monoisotopic (exact) mass is 434 g/mol. The molecule has 0 amide bonds. The van der Waals surface area contributed by atoms with E-state index in [9.17, 15) is 4.79 Å². The van der Waals surface area contributed by atoms with Crippen LogP contribution in [0.1, 0.15) is 58.1 Å². The van der Waals surface area contributed by atoms with Gasteiger partial charge in [0.2, 0.25) is 5.95 Å². The molecule has 32 heavy (non-hydrogen) atoms. The largest absolute Gasteiger partial charge is 0.341 e. The second-order valence-electron chi connectivity index (χ2n) is 10.1. The fourth-order valence-corrected chi connectivity index (χ4v) is 4.37. The lowest BCUT2D eigenvalue weighted by molar-refractivity contribution is -0.118. The van der Waals surface area contributed by atoms with E-state index in [-0.39, 0.29) is 11.2 Å². The van der Waals surface area contributed by atoms with Gasteiger partial charge in [0, 0.05) is 32.2 Å². The average Bonchev–Trinajstić information content (AvgIpc) is 3.10. The number of nitrogens with one attached hydrogen (secondary N) is 1. The van der Waals surface area contributed by atoms with Gasteiger partial charge in [0.15, 0.2) is 11.5 Å². The molecule has 0 bridgehead atoms. The molecule has 1 fully saturated rings. The van der Waals surface area contributed by atoms with Crippen molar-refractivity contribution in [1.29, 1.82) is 0 Å². The van der Waals surface area contributed by atoms with E-state index in [2.05, 4.69) is 61.1 Å². The summed E-state index contributed by atoms with van der Waals surface area (Å²) in [6, 6.07) is 6.56. The molecule has 3 heterocycles. The Kier molecular flexibility index (Phi) is 5.93. The van der Waals surface area contributed by atoms with E-state index < -0.39 is 0 Å². The van der Waals surface area contributed by atoms with Gasteiger partial charge in [-0.05, 0) is 55.2 Å². The number of aryl methyl sites for hydroxylation is 2. The highest BCUT2D eigenvalue weighted by atomic mass is 16.1. The number of aromatic nitrogens is 4. The Morgan fingerprint density at radius 2 is 1.91 bits per heavy atom. The summed E-state index contributed by atoms with van der Waals surface area (Å²) in [6.07, 6.45) is 4.42. The first-order chi connectivity index (χ1) is 15.1. The maximum absolute atomic E-state index is 11.5. The van der Waals surface area contributed by atoms with E-state index in [1.54, 1.807) is 13.3 Å². The molecule has 2 aromatic heterocycles. The van der Waals surface area contributed by atoms with Crippen LogP contribution in [0.2, 0.25) is 0 Å². The minimum absolute atomic E-state index is 0.0625. The molecule has 0 spiro atoms. The normalized spacial score (nSPS) is 15.4. The van der Waals surface area contributed by atoms with Crippen LogP contribution in [0.15, 0.2) is 24.5 Å². The van der Waals surface area contributed by atoms with Crippen molar-refractivity contribution in [2.24, 2.45) is 13.0 Å². The molecule has 0 saturated carbocycles. The predicted molar refractivity (Wildman–Crippen MR) is 130 cm³/mol. The fourth-order valence-electron chi connectivity index (χ4n) is 4.37. The SMILES string of the molecule is CC(=O)CC1CCN(c2nc(Nc3cc(C(C)(C)C)ccc3C)c3c(ncn3C)n2)CC1. The van der Waals surface area contributed by atoms with Crippen molar-refractivity contribution >= 4 is 34.4 Å². The third kappa shape index (κ3) is 4.61. The predicted octanol–water partition coefficient (Wildman–Crippen LogP) is 4.91. The second-order valence-corrected chi connectivity index (χ2v) is 10.1. The van der Waals surface area contributed by atoms with Crippen LogP contribution in [0.25, 0.3) is 11.2 Å². The molecule has 7 nitrogen and oxygen atoms in total. The first-order valence-electron chi connectivity index (χ1n) is 11.4. The average molecular weight is 435 g/mol. The number of piperidine rings is 1. The molecule has 0 radical (unpaired) electrons. The minimum Gasteiger partial charge on any atom is -0.341 e. The van der Waals surface area contributed by atoms with Gasteiger partial charge in [-0.1, -0.05) is 32.9 Å². The third-order valence-electron chi connectivity index (χ3n) is 6.39. The van der Waals surface area contributed by atoms with Crippen LogP contribution in [0, 0.1) is 12.8 Å². The molecule has 1 aromatic carbocycles. The van der Waals surface area contributed by atoms with Gasteiger partial charge < -0.3 is 19.6 Å². The van der Waals surface area contributed by atoms with Crippen molar-refractivity contribution < 1.29 is 4.79 Å². The Morgan fingerprint density at radius 1 is 1.19 bits per heavy atom. The number of hydrogen-bond acceptors (Lipinski definition) is 6. The molecular formula is C25H34N6O. The molecule has 0 atom stereocenters. The molecule has 1 aliphatic heterocycles. The van der Waals surface area contributed by atoms with Gasteiger partial charge in [0.1, 0.15) is 11.3 Å². The number of ketones is 1. The topological polar surface area (TPSA) is 75.9 Å². The molecule has 0 aliphatic carbocycles. The third-order valence-corrected chi connectivity index (χ3v) is 6.39. The summed E-state index contributed by atoms with van der Waals surface area (Å²) in [5.41, 5.74) is 5.13. The van der Waals surface area contributed by atoms with Crippen LogP contribution in [0.5, 0.6) is 0 Å². The smallest absolute Gasteiger partial charge is 0.229 e. The van der Waals surface area contributed by atoms with E-state index >= 15 is 0 Å². The van der Waals surface area contributed by atoms with Gasteiger partial charge in [0.25, 0.3) is 0 Å². The van der Waals surface area contributed by atoms with E-state index in [0.29, 0.717) is 23.9 Å². The maximum Gasteiger partial charge on any atom is 0.229 e. The van der Waals surface area contributed by atoms with Crippen LogP contribution in [-0.2, 0) is 17.3 Å². The number of benzene rings is 1. The first kappa shape index (κ1) is 22.2. The van der Waals surface area contributed by atoms with Gasteiger partial charge >= 0.3 is 0 Å². The minimum atomic E-state index is 0.0625. The molecule has 3 aromatic rings. The lowest BCUT2D eigenvalue weighted by atomic mass is 9.86. The summed E-state index contributed by atoms with van der Waals surface area (Å²) in [4.78, 5) is 27.9. The Hall–Kier alpha value is -2.96. The summed E-state index contributed by atoms with van der Waals surface area (Å²) in [6.45, 7) is 12.2. The molecule has 1 N–H and O–H groups in total. The molecule has 170 valence electrons. The number of anilines is 3. The highest BCUT2D eigenvalue weighted by Crippen LogP contribution is 2.32. The Labute approximate surface area is 190 Å². The van der Waals surface area contributed by atoms with Crippen molar-refractivity contribution in [1.82, 2.24) is 19.5 Å². The van der Waals surface area contributed by atoms with Crippen LogP contribution >= 0.6 is 0 Å². The zero-order valence-corrected chi connectivity index (χ0v) is 20.1. The number of hydrogen-bond donors (Lipinski definition) is 1. The standard InChI is InChI=1S/C25H34N6O/c1-16-7-8-19(25(3,4)5)14-20(16)27-23-21-22(26-15-30(21)6)28-24(29-23)31-11-9-18(10-12-31)13-17(2)32/h7-8,14-15,18H,9-13H2,1-6H3,(H,27,28,29). The second kappa shape index (κ2) is 8.52. The van der Waals surface area contributed by atoms with Gasteiger partial charge in [-0.2, -0.15) is 9.97 Å². The summed E-state index contributed by atoms with van der Waals surface area (Å²) in [7, 11) is 1.97. The summed E-state index contributed by atoms with van der Waals surface area (Å²) >= 11 is 0. The maximum atomic E-state index is 11.5. The first-order valence-corrected chi connectivity index (χ1v) is 11.4.